The predicted molar refractivity (Wildman–Crippen MR) is 29.2 cm³/mol. The second-order valence-electron chi connectivity index (χ2n) is 2.03. The average molecular weight is 190 g/mol. The van der Waals surface area contributed by atoms with E-state index in [1.54, 1.807) is 0 Å². The molecule has 0 aliphatic heterocycles. The number of hydrogen-bond donors (Lipinski definition) is 1. The topological polar surface area (TPSA) is 46.5 Å². The summed E-state index contributed by atoms with van der Waals surface area (Å²) in [5, 5.41) is 7.76. The van der Waals surface area contributed by atoms with Gasteiger partial charge in [-0.2, -0.15) is 17.6 Å². The fourth-order valence-electron chi connectivity index (χ4n) is 0.406. The van der Waals surface area contributed by atoms with Crippen molar-refractivity contribution in [3.63, 3.8) is 0 Å². The first-order valence-corrected chi connectivity index (χ1v) is 2.75. The summed E-state index contributed by atoms with van der Waals surface area (Å²) in [6.07, 6.45) is -6.28. The molecule has 0 bridgehead atoms. The normalized spacial score (nSPS) is 13.1. The molecule has 72 valence electrons. The summed E-state index contributed by atoms with van der Waals surface area (Å²) < 4.78 is 51.6. The molecule has 1 N–H and O–H groups in total. The van der Waals surface area contributed by atoms with E-state index in [0.29, 0.717) is 7.11 Å². The number of ether oxygens (including phenoxy) is 1. The number of methoxy groups -OCH3 is 1. The lowest BCUT2D eigenvalue weighted by Crippen LogP contribution is -2.36. The number of aliphatic carboxylic acids is 1. The van der Waals surface area contributed by atoms with E-state index in [2.05, 4.69) is 4.74 Å². The molecule has 12 heavy (non-hydrogen) atoms. The van der Waals surface area contributed by atoms with Crippen LogP contribution in [0.2, 0.25) is 0 Å². The van der Waals surface area contributed by atoms with E-state index >= 15 is 0 Å². The highest BCUT2D eigenvalue weighted by molar-refractivity contribution is 5.75. The maximum atomic E-state index is 12.1. The van der Waals surface area contributed by atoms with Crippen molar-refractivity contribution in [2.24, 2.45) is 0 Å². The monoisotopic (exact) mass is 190 g/mol. The van der Waals surface area contributed by atoms with Crippen LogP contribution in [0.1, 0.15) is 6.42 Å². The van der Waals surface area contributed by atoms with Crippen molar-refractivity contribution in [3.05, 3.63) is 0 Å². The number of carbonyl (C=O) groups is 1. The van der Waals surface area contributed by atoms with Gasteiger partial charge in [-0.1, -0.05) is 0 Å². The van der Waals surface area contributed by atoms with Gasteiger partial charge >= 0.3 is 18.0 Å². The predicted octanol–water partition coefficient (Wildman–Crippen LogP) is 1.34. The van der Waals surface area contributed by atoms with Crippen LogP contribution in [-0.4, -0.2) is 30.2 Å². The van der Waals surface area contributed by atoms with E-state index in [0.717, 1.165) is 0 Å². The van der Waals surface area contributed by atoms with Crippen LogP contribution < -0.4 is 0 Å². The molecular formula is C5H6F4O3. The van der Waals surface area contributed by atoms with Crippen molar-refractivity contribution in [3.8, 4) is 0 Å². The number of hydrogen-bond acceptors (Lipinski definition) is 2. The zero-order valence-electron chi connectivity index (χ0n) is 5.98. The molecular weight excluding hydrogens is 184 g/mol. The van der Waals surface area contributed by atoms with E-state index in [-0.39, 0.29) is 0 Å². The van der Waals surface area contributed by atoms with Crippen molar-refractivity contribution in [2.75, 3.05) is 7.11 Å². The molecule has 0 aliphatic rings. The number of halogens is 4. The third-order valence-corrected chi connectivity index (χ3v) is 1.04. The smallest absolute Gasteiger partial charge is 0.374 e. The van der Waals surface area contributed by atoms with Crippen LogP contribution in [0.4, 0.5) is 17.6 Å². The minimum Gasteiger partial charge on any atom is -0.477 e. The SMILES string of the molecule is COC(F)(F)CC(F)(F)C(=O)O. The van der Waals surface area contributed by atoms with Gasteiger partial charge in [-0.05, 0) is 0 Å². The summed E-state index contributed by atoms with van der Waals surface area (Å²) in [5.74, 6) is -7.07. The van der Waals surface area contributed by atoms with Gasteiger partial charge in [-0.25, -0.2) is 4.79 Å². The van der Waals surface area contributed by atoms with Crippen molar-refractivity contribution < 1.29 is 32.2 Å². The number of carboxylic acid groups (broad SMARTS) is 1. The van der Waals surface area contributed by atoms with Crippen LogP contribution in [-0.2, 0) is 9.53 Å². The van der Waals surface area contributed by atoms with Gasteiger partial charge in [0.05, 0.1) is 0 Å². The Balaban J connectivity index is 4.34. The largest absolute Gasteiger partial charge is 0.477 e. The van der Waals surface area contributed by atoms with Gasteiger partial charge in [0.15, 0.2) is 0 Å². The van der Waals surface area contributed by atoms with Crippen molar-refractivity contribution in [1.82, 2.24) is 0 Å². The van der Waals surface area contributed by atoms with E-state index in [4.69, 9.17) is 5.11 Å². The molecule has 0 atom stereocenters. The molecule has 0 saturated carbocycles. The molecule has 0 amide bonds. The summed E-state index contributed by atoms with van der Waals surface area (Å²) in [5.41, 5.74) is 0. The van der Waals surface area contributed by atoms with Crippen LogP contribution in [0.15, 0.2) is 0 Å². The molecule has 0 heterocycles. The van der Waals surface area contributed by atoms with Gasteiger partial charge < -0.3 is 9.84 Å². The lowest BCUT2D eigenvalue weighted by atomic mass is 10.2. The number of alkyl halides is 4. The van der Waals surface area contributed by atoms with Gasteiger partial charge in [0.1, 0.15) is 6.42 Å². The first-order valence-electron chi connectivity index (χ1n) is 2.75. The lowest BCUT2D eigenvalue weighted by Gasteiger charge is -2.17. The van der Waals surface area contributed by atoms with Gasteiger partial charge in [0, 0.05) is 7.11 Å². The summed E-state index contributed by atoms with van der Waals surface area (Å²) in [4.78, 5) is 9.68. The van der Waals surface area contributed by atoms with E-state index in [9.17, 15) is 22.4 Å². The van der Waals surface area contributed by atoms with Crippen LogP contribution in [0.25, 0.3) is 0 Å². The maximum absolute atomic E-state index is 12.1. The third-order valence-electron chi connectivity index (χ3n) is 1.04. The first-order chi connectivity index (χ1) is 5.21. The fourth-order valence-corrected chi connectivity index (χ4v) is 0.406. The Morgan fingerprint density at radius 2 is 1.83 bits per heavy atom. The van der Waals surface area contributed by atoms with Crippen LogP contribution in [0.3, 0.4) is 0 Å². The molecule has 0 unspecified atom stereocenters. The fraction of sp³-hybridized carbons (Fsp3) is 0.800. The van der Waals surface area contributed by atoms with Gasteiger partial charge in [0.25, 0.3) is 0 Å². The molecule has 0 rings (SSSR count). The standard InChI is InChI=1S/C5H6F4O3/c1-12-5(8,9)2-4(6,7)3(10)11/h2H2,1H3,(H,10,11). The third kappa shape index (κ3) is 3.04. The molecule has 0 aromatic heterocycles. The van der Waals surface area contributed by atoms with Gasteiger partial charge in [-0.3, -0.25) is 0 Å². The zero-order chi connectivity index (χ0) is 9.99. The highest BCUT2D eigenvalue weighted by Crippen LogP contribution is 2.30. The summed E-state index contributed by atoms with van der Waals surface area (Å²) in [7, 11) is 0.512. The molecule has 7 heteroatoms. The molecule has 0 aliphatic carbocycles. The van der Waals surface area contributed by atoms with Crippen LogP contribution in [0.5, 0.6) is 0 Å². The minimum atomic E-state index is -4.47. The van der Waals surface area contributed by atoms with Crippen molar-refractivity contribution in [2.45, 2.75) is 18.5 Å². The van der Waals surface area contributed by atoms with E-state index in [1.165, 1.54) is 0 Å². The lowest BCUT2D eigenvalue weighted by molar-refractivity contribution is -0.257. The molecule has 3 nitrogen and oxygen atoms in total. The van der Waals surface area contributed by atoms with Crippen molar-refractivity contribution in [1.29, 1.82) is 0 Å². The Bertz CT molecular complexity index is 180. The molecule has 0 saturated heterocycles. The van der Waals surface area contributed by atoms with E-state index in [1.807, 2.05) is 0 Å². The number of rotatable bonds is 4. The summed E-state index contributed by atoms with van der Waals surface area (Å²) in [6, 6.07) is 0. The molecule has 0 aromatic rings. The minimum absolute atomic E-state index is 0.512. The number of carboxylic acids is 1. The van der Waals surface area contributed by atoms with E-state index < -0.39 is 24.4 Å². The van der Waals surface area contributed by atoms with Gasteiger partial charge in [-0.15, -0.1) is 0 Å². The molecule has 0 radical (unpaired) electrons. The summed E-state index contributed by atoms with van der Waals surface area (Å²) >= 11 is 0. The van der Waals surface area contributed by atoms with Crippen LogP contribution >= 0.6 is 0 Å². The highest BCUT2D eigenvalue weighted by Gasteiger charge is 2.49. The summed E-state index contributed by atoms with van der Waals surface area (Å²) in [6.45, 7) is 0. The maximum Gasteiger partial charge on any atom is 0.374 e. The van der Waals surface area contributed by atoms with Crippen molar-refractivity contribution >= 4 is 5.97 Å². The molecule has 0 spiro atoms. The zero-order valence-corrected chi connectivity index (χ0v) is 5.98. The quantitative estimate of drug-likeness (QED) is 0.680. The van der Waals surface area contributed by atoms with Gasteiger partial charge in [0.2, 0.25) is 0 Å². The Morgan fingerprint density at radius 3 is 2.08 bits per heavy atom. The Hall–Kier alpha value is -0.850. The highest BCUT2D eigenvalue weighted by atomic mass is 19.3. The average Bonchev–Trinajstić information content (AvgIpc) is 1.85. The second kappa shape index (κ2) is 3.26. The Labute approximate surface area is 64.9 Å². The molecule has 0 aromatic carbocycles. The Morgan fingerprint density at radius 1 is 1.42 bits per heavy atom. The molecule has 0 fully saturated rings. The second-order valence-corrected chi connectivity index (χ2v) is 2.03. The Kier molecular flexibility index (Phi) is 3.03. The first kappa shape index (κ1) is 11.2. The van der Waals surface area contributed by atoms with Crippen LogP contribution in [0, 0.1) is 0 Å².